The highest BCUT2D eigenvalue weighted by atomic mass is 16.5. The summed E-state index contributed by atoms with van der Waals surface area (Å²) in [6.07, 6.45) is 1.31. The zero-order valence-corrected chi connectivity index (χ0v) is 14.8. The summed E-state index contributed by atoms with van der Waals surface area (Å²) in [5, 5.41) is 3.87. The van der Waals surface area contributed by atoms with Gasteiger partial charge in [0.05, 0.1) is 5.69 Å². The van der Waals surface area contributed by atoms with E-state index in [1.807, 2.05) is 37.3 Å². The molecule has 1 fully saturated rings. The highest BCUT2D eigenvalue weighted by Gasteiger charge is 2.35. The van der Waals surface area contributed by atoms with E-state index in [1.54, 1.807) is 11.0 Å². The molecule has 26 heavy (non-hydrogen) atoms. The summed E-state index contributed by atoms with van der Waals surface area (Å²) in [6, 6.07) is 11.1. The van der Waals surface area contributed by atoms with E-state index in [0.717, 1.165) is 11.4 Å². The van der Waals surface area contributed by atoms with E-state index in [2.05, 4.69) is 5.16 Å². The molecule has 2 amide bonds. The fraction of sp³-hybridized carbons (Fsp3) is 0.421. The van der Waals surface area contributed by atoms with Gasteiger partial charge in [0.2, 0.25) is 11.7 Å². The van der Waals surface area contributed by atoms with E-state index >= 15 is 0 Å². The molecule has 2 heterocycles. The number of primary amides is 1. The van der Waals surface area contributed by atoms with Crippen molar-refractivity contribution in [3.63, 3.8) is 0 Å². The number of piperidine rings is 1. The van der Waals surface area contributed by atoms with Crippen molar-refractivity contribution in [1.82, 2.24) is 10.1 Å². The van der Waals surface area contributed by atoms with Crippen LogP contribution in [0.1, 0.15) is 36.0 Å². The van der Waals surface area contributed by atoms with Gasteiger partial charge in [0.1, 0.15) is 11.9 Å². The normalized spacial score (nSPS) is 20.0. The maximum absolute atomic E-state index is 12.7. The Kier molecular flexibility index (Phi) is 5.55. The quantitative estimate of drug-likeness (QED) is 0.853. The fourth-order valence-corrected chi connectivity index (χ4v) is 3.21. The molecular formula is C19H23N3O4. The molecule has 0 aliphatic carbocycles. The van der Waals surface area contributed by atoms with E-state index in [4.69, 9.17) is 15.0 Å². The van der Waals surface area contributed by atoms with Crippen LogP contribution in [-0.2, 0) is 11.2 Å². The molecule has 0 bridgehead atoms. The molecule has 3 rings (SSSR count). The molecule has 1 aliphatic heterocycles. The van der Waals surface area contributed by atoms with Crippen molar-refractivity contribution >= 4 is 11.8 Å². The number of benzene rings is 1. The summed E-state index contributed by atoms with van der Waals surface area (Å²) < 4.78 is 11.2. The third-order valence-electron chi connectivity index (χ3n) is 4.58. The first-order chi connectivity index (χ1) is 12.6. The second-order valence-electron chi connectivity index (χ2n) is 6.48. The summed E-state index contributed by atoms with van der Waals surface area (Å²) in [5.41, 5.74) is 6.15. The van der Waals surface area contributed by atoms with E-state index in [9.17, 15) is 9.59 Å². The lowest BCUT2D eigenvalue weighted by molar-refractivity contribution is -0.120. The number of hydrogen-bond donors (Lipinski definition) is 1. The van der Waals surface area contributed by atoms with Crippen LogP contribution in [0.4, 0.5) is 0 Å². The highest BCUT2D eigenvalue weighted by Crippen LogP contribution is 2.26. The van der Waals surface area contributed by atoms with Crippen LogP contribution in [0.25, 0.3) is 0 Å². The standard InChI is InChI=1S/C19H23N3O4/c1-2-14-11-17(26-21-14)19(24)22-9-8-16(13(12-22)10-18(20)23)25-15-6-4-3-5-7-15/h3-7,11,13,16H,2,8-10,12H2,1H3,(H2,20,23)/t13-,16-/m0/s1. The Labute approximate surface area is 152 Å². The van der Waals surface area contributed by atoms with Gasteiger partial charge in [-0.2, -0.15) is 0 Å². The van der Waals surface area contributed by atoms with Crippen molar-refractivity contribution in [3.8, 4) is 5.75 Å². The number of aryl methyl sites for hydroxylation is 1. The summed E-state index contributed by atoms with van der Waals surface area (Å²) in [7, 11) is 0. The lowest BCUT2D eigenvalue weighted by Crippen LogP contribution is -2.49. The highest BCUT2D eigenvalue weighted by molar-refractivity contribution is 5.91. The Morgan fingerprint density at radius 3 is 2.77 bits per heavy atom. The van der Waals surface area contributed by atoms with E-state index < -0.39 is 5.91 Å². The predicted molar refractivity (Wildman–Crippen MR) is 94.6 cm³/mol. The van der Waals surface area contributed by atoms with E-state index in [-0.39, 0.29) is 30.1 Å². The minimum Gasteiger partial charge on any atom is -0.490 e. The predicted octanol–water partition coefficient (Wildman–Crippen LogP) is 2.02. The number of ether oxygens (including phenoxy) is 1. The topological polar surface area (TPSA) is 98.7 Å². The molecule has 1 aromatic carbocycles. The SMILES string of the molecule is CCc1cc(C(=O)N2CC[C@H](Oc3ccccc3)[C@@H](CC(N)=O)C2)on1. The van der Waals surface area contributed by atoms with Crippen LogP contribution in [0.2, 0.25) is 0 Å². The average molecular weight is 357 g/mol. The van der Waals surface area contributed by atoms with Crippen molar-refractivity contribution in [2.24, 2.45) is 11.7 Å². The number of nitrogens with zero attached hydrogens (tertiary/aromatic N) is 2. The zero-order chi connectivity index (χ0) is 18.5. The first-order valence-electron chi connectivity index (χ1n) is 8.81. The van der Waals surface area contributed by atoms with Gasteiger partial charge in [0, 0.05) is 37.9 Å². The summed E-state index contributed by atoms with van der Waals surface area (Å²) in [5.74, 6) is 0.180. The van der Waals surface area contributed by atoms with Gasteiger partial charge in [0.15, 0.2) is 0 Å². The monoisotopic (exact) mass is 357 g/mol. The number of nitrogens with two attached hydrogens (primary N) is 1. The molecule has 2 atom stereocenters. The number of para-hydroxylation sites is 1. The second kappa shape index (κ2) is 8.03. The smallest absolute Gasteiger partial charge is 0.292 e. The molecular weight excluding hydrogens is 334 g/mol. The van der Waals surface area contributed by atoms with Gasteiger partial charge in [-0.3, -0.25) is 9.59 Å². The molecule has 0 saturated carbocycles. The van der Waals surface area contributed by atoms with Crippen LogP contribution < -0.4 is 10.5 Å². The molecule has 2 aromatic rings. The number of likely N-dealkylation sites (tertiary alicyclic amines) is 1. The molecule has 1 saturated heterocycles. The molecule has 0 radical (unpaired) electrons. The second-order valence-corrected chi connectivity index (χ2v) is 6.48. The Hall–Kier alpha value is -2.83. The summed E-state index contributed by atoms with van der Waals surface area (Å²) in [4.78, 5) is 25.8. The van der Waals surface area contributed by atoms with Crippen molar-refractivity contribution in [1.29, 1.82) is 0 Å². The Morgan fingerprint density at radius 2 is 2.12 bits per heavy atom. The van der Waals surface area contributed by atoms with E-state index in [0.29, 0.717) is 25.9 Å². The number of carbonyl (C=O) groups is 2. The Balaban J connectivity index is 1.70. The van der Waals surface area contributed by atoms with Gasteiger partial charge >= 0.3 is 0 Å². The van der Waals surface area contributed by atoms with Crippen LogP contribution >= 0.6 is 0 Å². The number of hydrogen-bond acceptors (Lipinski definition) is 5. The van der Waals surface area contributed by atoms with Crippen LogP contribution in [0.3, 0.4) is 0 Å². The Morgan fingerprint density at radius 1 is 1.35 bits per heavy atom. The largest absolute Gasteiger partial charge is 0.490 e. The van der Waals surface area contributed by atoms with Crippen molar-refractivity contribution < 1.29 is 18.8 Å². The van der Waals surface area contributed by atoms with Crippen LogP contribution in [-0.4, -0.2) is 41.1 Å². The third-order valence-corrected chi connectivity index (χ3v) is 4.58. The number of rotatable bonds is 6. The lowest BCUT2D eigenvalue weighted by atomic mass is 9.91. The molecule has 1 aliphatic rings. The molecule has 2 N–H and O–H groups in total. The Bertz CT molecular complexity index is 759. The minimum absolute atomic E-state index is 0.165. The molecule has 1 aromatic heterocycles. The van der Waals surface area contributed by atoms with Crippen molar-refractivity contribution in [2.45, 2.75) is 32.3 Å². The molecule has 0 spiro atoms. The molecule has 7 nitrogen and oxygen atoms in total. The van der Waals surface area contributed by atoms with E-state index in [1.165, 1.54) is 0 Å². The van der Waals surface area contributed by atoms with Gasteiger partial charge in [-0.25, -0.2) is 0 Å². The van der Waals surface area contributed by atoms with Gasteiger partial charge < -0.3 is 19.9 Å². The van der Waals surface area contributed by atoms with Crippen LogP contribution in [0, 0.1) is 5.92 Å². The molecule has 7 heteroatoms. The van der Waals surface area contributed by atoms with Crippen LogP contribution in [0.15, 0.2) is 40.9 Å². The fourth-order valence-electron chi connectivity index (χ4n) is 3.21. The molecule has 138 valence electrons. The average Bonchev–Trinajstić information content (AvgIpc) is 3.12. The zero-order valence-electron chi connectivity index (χ0n) is 14.8. The van der Waals surface area contributed by atoms with Gasteiger partial charge in [-0.15, -0.1) is 0 Å². The lowest BCUT2D eigenvalue weighted by Gasteiger charge is -2.37. The maximum atomic E-state index is 12.7. The van der Waals surface area contributed by atoms with Gasteiger partial charge in [0.25, 0.3) is 5.91 Å². The van der Waals surface area contributed by atoms with Crippen LogP contribution in [0.5, 0.6) is 5.75 Å². The van der Waals surface area contributed by atoms with Gasteiger partial charge in [-0.1, -0.05) is 30.3 Å². The van der Waals surface area contributed by atoms with Crippen molar-refractivity contribution in [3.05, 3.63) is 47.9 Å². The third kappa shape index (κ3) is 4.22. The maximum Gasteiger partial charge on any atom is 0.292 e. The van der Waals surface area contributed by atoms with Crippen molar-refractivity contribution in [2.75, 3.05) is 13.1 Å². The molecule has 0 unspecified atom stereocenters. The summed E-state index contributed by atoms with van der Waals surface area (Å²) in [6.45, 7) is 2.86. The minimum atomic E-state index is -0.404. The number of carbonyl (C=O) groups excluding carboxylic acids is 2. The first kappa shape index (κ1) is 18.0. The number of aromatic nitrogens is 1. The first-order valence-corrected chi connectivity index (χ1v) is 8.81. The number of amides is 2. The summed E-state index contributed by atoms with van der Waals surface area (Å²) >= 11 is 0. The van der Waals surface area contributed by atoms with Gasteiger partial charge in [-0.05, 0) is 18.6 Å².